The number of allylic oxidation sites excluding steroid dienone is 1. The number of aromatic nitrogens is 2. The molecule has 1 N–H and O–H groups in total. The lowest BCUT2D eigenvalue weighted by Crippen LogP contribution is -2.40. The Morgan fingerprint density at radius 2 is 1.97 bits per heavy atom. The Kier molecular flexibility index (Phi) is 6.78. The second kappa shape index (κ2) is 10.0. The second-order valence-electron chi connectivity index (χ2n) is 8.32. The summed E-state index contributed by atoms with van der Waals surface area (Å²) in [5.74, 6) is 0.493. The Balaban J connectivity index is 1.79. The van der Waals surface area contributed by atoms with Crippen LogP contribution in [0.3, 0.4) is 0 Å². The lowest BCUT2D eigenvalue weighted by atomic mass is 9.95. The van der Waals surface area contributed by atoms with Gasteiger partial charge in [-0.05, 0) is 48.0 Å². The molecule has 0 saturated heterocycles. The molecule has 8 nitrogen and oxygen atoms in total. The maximum absolute atomic E-state index is 13.9. The quantitative estimate of drug-likeness (QED) is 0.346. The van der Waals surface area contributed by atoms with Crippen LogP contribution < -0.4 is 24.4 Å². The summed E-state index contributed by atoms with van der Waals surface area (Å²) >= 11 is 4.81. The van der Waals surface area contributed by atoms with Crippen LogP contribution >= 0.6 is 27.3 Å². The summed E-state index contributed by atoms with van der Waals surface area (Å²) < 4.78 is 19.2. The molecule has 10 heteroatoms. The van der Waals surface area contributed by atoms with Crippen molar-refractivity contribution in [1.82, 2.24) is 9.55 Å². The van der Waals surface area contributed by atoms with E-state index in [9.17, 15) is 9.59 Å². The number of hydrogen-bond donors (Lipinski definition) is 1. The van der Waals surface area contributed by atoms with Gasteiger partial charge < -0.3 is 19.2 Å². The van der Waals surface area contributed by atoms with Gasteiger partial charge in [-0.15, -0.1) is 0 Å². The first-order valence-corrected chi connectivity index (χ1v) is 13.2. The summed E-state index contributed by atoms with van der Waals surface area (Å²) in [5.41, 5.74) is 2.98. The number of hydrogen-bond acceptors (Lipinski definition) is 7. The van der Waals surface area contributed by atoms with Gasteiger partial charge in [0.05, 0.1) is 41.1 Å². The number of nitrogens with one attached hydrogen (secondary N) is 1. The van der Waals surface area contributed by atoms with Crippen LogP contribution in [0.5, 0.6) is 11.5 Å². The molecular weight excluding hydrogens is 558 g/mol. The molecule has 0 spiro atoms. The minimum atomic E-state index is -0.808. The predicted molar refractivity (Wildman–Crippen MR) is 146 cm³/mol. The number of aromatic amines is 1. The van der Waals surface area contributed by atoms with Crippen molar-refractivity contribution in [3.63, 3.8) is 0 Å². The van der Waals surface area contributed by atoms with E-state index in [-0.39, 0.29) is 17.7 Å². The standard InChI is InChI=1S/C27H24BrN3O5S/c1-5-36-26(33)23-14(2)30-27-31(24(23)17-11-18(28)21(35-4)12-20(17)34-3)25(32)22(37-27)10-15-13-29-19-9-7-6-8-16(15)19/h6-13,24,29H,5H2,1-4H3/b22-10-/t24-/m0/s1. The average molecular weight is 582 g/mol. The van der Waals surface area contributed by atoms with Crippen LogP contribution in [0.25, 0.3) is 17.0 Å². The van der Waals surface area contributed by atoms with Crippen molar-refractivity contribution >= 4 is 50.2 Å². The number of H-pyrrole nitrogens is 1. The van der Waals surface area contributed by atoms with Crippen molar-refractivity contribution in [2.75, 3.05) is 20.8 Å². The molecule has 5 rings (SSSR count). The fourth-order valence-corrected chi connectivity index (χ4v) is 6.10. The van der Waals surface area contributed by atoms with Crippen molar-refractivity contribution in [2.45, 2.75) is 19.9 Å². The van der Waals surface area contributed by atoms with E-state index in [2.05, 4.69) is 25.9 Å². The highest BCUT2D eigenvalue weighted by molar-refractivity contribution is 9.10. The summed E-state index contributed by atoms with van der Waals surface area (Å²) in [6.45, 7) is 3.68. The zero-order chi connectivity index (χ0) is 26.3. The monoisotopic (exact) mass is 581 g/mol. The lowest BCUT2D eigenvalue weighted by Gasteiger charge is -2.26. The maximum Gasteiger partial charge on any atom is 0.338 e. The van der Waals surface area contributed by atoms with E-state index in [1.807, 2.05) is 36.5 Å². The highest BCUT2D eigenvalue weighted by Crippen LogP contribution is 2.41. The van der Waals surface area contributed by atoms with Gasteiger partial charge in [0.25, 0.3) is 5.56 Å². The SMILES string of the molecule is CCOC(=O)C1=C(C)N=c2s/c(=C\c3c[nH]c4ccccc34)c(=O)n2[C@H]1c1cc(Br)c(OC)cc1OC. The number of carbonyl (C=O) groups is 1. The van der Waals surface area contributed by atoms with Crippen molar-refractivity contribution in [3.8, 4) is 11.5 Å². The van der Waals surface area contributed by atoms with Crippen molar-refractivity contribution in [1.29, 1.82) is 0 Å². The van der Waals surface area contributed by atoms with Crippen LogP contribution in [0.2, 0.25) is 0 Å². The first kappa shape index (κ1) is 25.0. The molecule has 3 heterocycles. The third-order valence-corrected chi connectivity index (χ3v) is 7.83. The molecule has 0 radical (unpaired) electrons. The molecule has 0 aliphatic carbocycles. The summed E-state index contributed by atoms with van der Waals surface area (Å²) in [4.78, 5) is 35.5. The van der Waals surface area contributed by atoms with Gasteiger partial charge in [-0.2, -0.15) is 0 Å². The molecule has 2 aromatic carbocycles. The van der Waals surface area contributed by atoms with Crippen LogP contribution in [0.1, 0.15) is 31.0 Å². The molecule has 4 aromatic rings. The summed E-state index contributed by atoms with van der Waals surface area (Å²) in [6, 6.07) is 10.6. The number of halogens is 1. The van der Waals surface area contributed by atoms with Crippen LogP contribution in [-0.2, 0) is 9.53 Å². The highest BCUT2D eigenvalue weighted by Gasteiger charge is 2.35. The predicted octanol–water partition coefficient (Wildman–Crippen LogP) is 4.06. The molecule has 0 unspecified atom stereocenters. The van der Waals surface area contributed by atoms with E-state index in [1.54, 1.807) is 37.7 Å². The fourth-order valence-electron chi connectivity index (χ4n) is 4.54. The summed E-state index contributed by atoms with van der Waals surface area (Å²) in [7, 11) is 3.09. The zero-order valence-corrected chi connectivity index (χ0v) is 23.0. The van der Waals surface area contributed by atoms with E-state index >= 15 is 0 Å². The smallest absolute Gasteiger partial charge is 0.338 e. The fraction of sp³-hybridized carbons (Fsp3) is 0.222. The largest absolute Gasteiger partial charge is 0.496 e. The van der Waals surface area contributed by atoms with Crippen molar-refractivity contribution < 1.29 is 19.0 Å². The Hall–Kier alpha value is -3.63. The third kappa shape index (κ3) is 4.30. The molecule has 1 atom stereocenters. The third-order valence-electron chi connectivity index (χ3n) is 6.22. The van der Waals surface area contributed by atoms with Gasteiger partial charge in [0.15, 0.2) is 4.80 Å². The van der Waals surface area contributed by atoms with E-state index in [4.69, 9.17) is 14.2 Å². The lowest BCUT2D eigenvalue weighted by molar-refractivity contribution is -0.139. The zero-order valence-electron chi connectivity index (χ0n) is 20.6. The van der Waals surface area contributed by atoms with Crippen molar-refractivity contribution in [3.05, 3.63) is 89.2 Å². The van der Waals surface area contributed by atoms with Crippen molar-refractivity contribution in [2.24, 2.45) is 4.99 Å². The number of nitrogens with zero attached hydrogens (tertiary/aromatic N) is 2. The van der Waals surface area contributed by atoms with Crippen LogP contribution in [0, 0.1) is 0 Å². The Morgan fingerprint density at radius 3 is 2.70 bits per heavy atom. The number of benzene rings is 2. The summed E-state index contributed by atoms with van der Waals surface area (Å²) in [6.07, 6.45) is 3.73. The minimum absolute atomic E-state index is 0.191. The number of methoxy groups -OCH3 is 2. The highest BCUT2D eigenvalue weighted by atomic mass is 79.9. The van der Waals surface area contributed by atoms with E-state index in [0.29, 0.717) is 36.6 Å². The maximum atomic E-state index is 13.9. The van der Waals surface area contributed by atoms with E-state index in [0.717, 1.165) is 16.5 Å². The number of para-hydroxylation sites is 1. The average Bonchev–Trinajstić information content (AvgIpc) is 3.43. The van der Waals surface area contributed by atoms with Crippen LogP contribution in [0.4, 0.5) is 0 Å². The van der Waals surface area contributed by atoms with E-state index < -0.39 is 12.0 Å². The molecule has 190 valence electrons. The molecule has 0 fully saturated rings. The Labute approximate surface area is 224 Å². The molecule has 2 aromatic heterocycles. The Morgan fingerprint density at radius 1 is 1.22 bits per heavy atom. The number of ether oxygens (including phenoxy) is 3. The second-order valence-corrected chi connectivity index (χ2v) is 10.2. The van der Waals surface area contributed by atoms with E-state index in [1.165, 1.54) is 18.4 Å². The van der Waals surface area contributed by atoms with Crippen LogP contribution in [0.15, 0.2) is 68.1 Å². The Bertz CT molecular complexity index is 1750. The van der Waals surface area contributed by atoms with Gasteiger partial charge >= 0.3 is 5.97 Å². The first-order valence-electron chi connectivity index (χ1n) is 11.5. The topological polar surface area (TPSA) is 94.9 Å². The molecular formula is C27H24BrN3O5S. The number of esters is 1. The molecule has 0 amide bonds. The number of rotatable bonds is 6. The normalized spacial score (nSPS) is 15.5. The summed E-state index contributed by atoms with van der Waals surface area (Å²) in [5, 5.41) is 1.01. The minimum Gasteiger partial charge on any atom is -0.496 e. The van der Waals surface area contributed by atoms with Gasteiger partial charge in [0.1, 0.15) is 17.5 Å². The number of fused-ring (bicyclic) bond motifs is 2. The number of carbonyl (C=O) groups excluding carboxylic acids is 1. The molecule has 1 aliphatic heterocycles. The van der Waals surface area contributed by atoms with Gasteiger partial charge in [-0.3, -0.25) is 9.36 Å². The van der Waals surface area contributed by atoms with Gasteiger partial charge in [0.2, 0.25) is 0 Å². The molecule has 0 saturated carbocycles. The van der Waals surface area contributed by atoms with Gasteiger partial charge in [-0.1, -0.05) is 29.5 Å². The molecule has 37 heavy (non-hydrogen) atoms. The first-order chi connectivity index (χ1) is 17.9. The van der Waals surface area contributed by atoms with Gasteiger partial charge in [-0.25, -0.2) is 9.79 Å². The molecule has 0 bridgehead atoms. The van der Waals surface area contributed by atoms with Crippen LogP contribution in [-0.4, -0.2) is 36.3 Å². The number of thiazole rings is 1. The molecule has 1 aliphatic rings. The van der Waals surface area contributed by atoms with Gasteiger partial charge in [0, 0.05) is 34.3 Å².